The second-order valence-electron chi connectivity index (χ2n) is 4.42. The fourth-order valence-corrected chi connectivity index (χ4v) is 2.19. The van der Waals surface area contributed by atoms with E-state index in [1.807, 2.05) is 0 Å². The van der Waals surface area contributed by atoms with Gasteiger partial charge in [0.15, 0.2) is 0 Å². The zero-order valence-corrected chi connectivity index (χ0v) is 12.4. The fourth-order valence-electron chi connectivity index (χ4n) is 2.07. The molecular weight excluding hydrogens is 295 g/mol. The first-order valence-electron chi connectivity index (χ1n) is 6.23. The molecule has 2 aromatic carbocycles. The Balaban J connectivity index is 2.47. The van der Waals surface area contributed by atoms with Crippen LogP contribution < -0.4 is 20.7 Å². The van der Waals surface area contributed by atoms with E-state index in [4.69, 9.17) is 26.9 Å². The van der Waals surface area contributed by atoms with Crippen molar-refractivity contribution in [1.82, 2.24) is 5.43 Å². The molecule has 0 aliphatic carbocycles. The van der Waals surface area contributed by atoms with Crippen LogP contribution in [-0.2, 0) is 0 Å². The molecule has 112 valence electrons. The molecule has 0 aliphatic heterocycles. The third-order valence-electron chi connectivity index (χ3n) is 3.15. The topological polar surface area (TPSA) is 56.5 Å². The molecule has 0 aromatic heterocycles. The molecule has 0 bridgehead atoms. The van der Waals surface area contributed by atoms with Crippen LogP contribution in [0.3, 0.4) is 0 Å². The van der Waals surface area contributed by atoms with E-state index in [0.717, 1.165) is 5.56 Å². The molecule has 0 saturated carbocycles. The number of halogens is 2. The maximum absolute atomic E-state index is 13.6. The predicted octanol–water partition coefficient (Wildman–Crippen LogP) is 3.05. The maximum Gasteiger partial charge on any atom is 0.142 e. The average molecular weight is 311 g/mol. The Morgan fingerprint density at radius 1 is 1.05 bits per heavy atom. The van der Waals surface area contributed by atoms with E-state index in [1.54, 1.807) is 38.5 Å². The minimum Gasteiger partial charge on any atom is -0.497 e. The van der Waals surface area contributed by atoms with E-state index >= 15 is 0 Å². The number of nitrogens with two attached hydrogens (primary N) is 1. The second-order valence-corrected chi connectivity index (χ2v) is 4.83. The SMILES string of the molecule is COc1cc(OC)cc(C(NN)c2ccc(Cl)c(F)c2)c1. The van der Waals surface area contributed by atoms with Crippen LogP contribution >= 0.6 is 11.6 Å². The van der Waals surface area contributed by atoms with Crippen LogP contribution in [0.1, 0.15) is 17.2 Å². The van der Waals surface area contributed by atoms with Crippen molar-refractivity contribution < 1.29 is 13.9 Å². The van der Waals surface area contributed by atoms with E-state index in [2.05, 4.69) is 5.43 Å². The Morgan fingerprint density at radius 2 is 1.67 bits per heavy atom. The molecule has 21 heavy (non-hydrogen) atoms. The highest BCUT2D eigenvalue weighted by Crippen LogP contribution is 2.30. The van der Waals surface area contributed by atoms with Gasteiger partial charge >= 0.3 is 0 Å². The van der Waals surface area contributed by atoms with Crippen molar-refractivity contribution in [2.75, 3.05) is 14.2 Å². The highest BCUT2D eigenvalue weighted by Gasteiger charge is 2.16. The van der Waals surface area contributed by atoms with Gasteiger partial charge in [0.1, 0.15) is 17.3 Å². The number of hydrogen-bond donors (Lipinski definition) is 2. The zero-order chi connectivity index (χ0) is 15.4. The number of benzene rings is 2. The van der Waals surface area contributed by atoms with Gasteiger partial charge in [0.25, 0.3) is 0 Å². The number of hydrogen-bond acceptors (Lipinski definition) is 4. The van der Waals surface area contributed by atoms with Crippen molar-refractivity contribution in [1.29, 1.82) is 0 Å². The molecule has 4 nitrogen and oxygen atoms in total. The molecule has 2 rings (SSSR count). The lowest BCUT2D eigenvalue weighted by atomic mass is 9.98. The molecule has 0 heterocycles. The monoisotopic (exact) mass is 310 g/mol. The van der Waals surface area contributed by atoms with Crippen molar-refractivity contribution in [3.05, 3.63) is 58.4 Å². The minimum atomic E-state index is -0.496. The molecule has 0 radical (unpaired) electrons. The van der Waals surface area contributed by atoms with Gasteiger partial charge in [0, 0.05) is 6.07 Å². The predicted molar refractivity (Wildman–Crippen MR) is 80.1 cm³/mol. The highest BCUT2D eigenvalue weighted by molar-refractivity contribution is 6.30. The Hall–Kier alpha value is -1.82. The first kappa shape index (κ1) is 15.6. The van der Waals surface area contributed by atoms with E-state index in [0.29, 0.717) is 17.1 Å². The Morgan fingerprint density at radius 3 is 2.14 bits per heavy atom. The molecule has 0 fully saturated rings. The van der Waals surface area contributed by atoms with Gasteiger partial charge in [-0.05, 0) is 35.4 Å². The molecule has 1 atom stereocenters. The lowest BCUT2D eigenvalue weighted by Gasteiger charge is -2.19. The molecular formula is C15H16ClFN2O2. The van der Waals surface area contributed by atoms with Gasteiger partial charge in [-0.2, -0.15) is 0 Å². The van der Waals surface area contributed by atoms with Gasteiger partial charge in [-0.1, -0.05) is 17.7 Å². The Labute approximate surface area is 127 Å². The largest absolute Gasteiger partial charge is 0.497 e. The molecule has 2 aromatic rings. The molecule has 0 amide bonds. The molecule has 6 heteroatoms. The van der Waals surface area contributed by atoms with Gasteiger partial charge in [0.2, 0.25) is 0 Å². The van der Waals surface area contributed by atoms with Gasteiger partial charge in [0.05, 0.1) is 25.3 Å². The van der Waals surface area contributed by atoms with E-state index in [1.165, 1.54) is 12.1 Å². The van der Waals surface area contributed by atoms with Crippen molar-refractivity contribution in [2.45, 2.75) is 6.04 Å². The quantitative estimate of drug-likeness (QED) is 0.658. The van der Waals surface area contributed by atoms with E-state index in [9.17, 15) is 4.39 Å². The first-order valence-corrected chi connectivity index (χ1v) is 6.61. The summed E-state index contributed by atoms with van der Waals surface area (Å²) in [5.74, 6) is 6.37. The van der Waals surface area contributed by atoms with Crippen molar-refractivity contribution >= 4 is 11.6 Å². The van der Waals surface area contributed by atoms with Gasteiger partial charge in [-0.15, -0.1) is 0 Å². The number of methoxy groups -OCH3 is 2. The van der Waals surface area contributed by atoms with Crippen LogP contribution in [0.15, 0.2) is 36.4 Å². The van der Waals surface area contributed by atoms with Gasteiger partial charge in [-0.3, -0.25) is 5.84 Å². The van der Waals surface area contributed by atoms with Crippen LogP contribution in [0.2, 0.25) is 5.02 Å². The van der Waals surface area contributed by atoms with Crippen LogP contribution in [0.4, 0.5) is 4.39 Å². The fraction of sp³-hybridized carbons (Fsp3) is 0.200. The molecule has 3 N–H and O–H groups in total. The average Bonchev–Trinajstić information content (AvgIpc) is 2.51. The summed E-state index contributed by atoms with van der Waals surface area (Å²) in [6.07, 6.45) is 0. The maximum atomic E-state index is 13.6. The van der Waals surface area contributed by atoms with Crippen LogP contribution in [0, 0.1) is 5.82 Å². The number of rotatable bonds is 5. The summed E-state index contributed by atoms with van der Waals surface area (Å²) in [5.41, 5.74) is 4.10. The molecule has 0 saturated heterocycles. The number of ether oxygens (including phenoxy) is 2. The van der Waals surface area contributed by atoms with Crippen molar-refractivity contribution in [3.8, 4) is 11.5 Å². The summed E-state index contributed by atoms with van der Waals surface area (Å²) in [6.45, 7) is 0. The molecule has 0 aliphatic rings. The summed E-state index contributed by atoms with van der Waals surface area (Å²) in [4.78, 5) is 0. The summed E-state index contributed by atoms with van der Waals surface area (Å²) in [6, 6.07) is 9.49. The number of nitrogens with one attached hydrogen (secondary N) is 1. The van der Waals surface area contributed by atoms with Crippen LogP contribution in [-0.4, -0.2) is 14.2 Å². The summed E-state index contributed by atoms with van der Waals surface area (Å²) >= 11 is 5.70. The van der Waals surface area contributed by atoms with Crippen LogP contribution in [0.25, 0.3) is 0 Å². The van der Waals surface area contributed by atoms with E-state index < -0.39 is 11.9 Å². The van der Waals surface area contributed by atoms with E-state index in [-0.39, 0.29) is 5.02 Å². The van der Waals surface area contributed by atoms with Gasteiger partial charge < -0.3 is 9.47 Å². The van der Waals surface area contributed by atoms with Crippen molar-refractivity contribution in [2.24, 2.45) is 5.84 Å². The summed E-state index contributed by atoms with van der Waals surface area (Å²) in [7, 11) is 3.12. The Kier molecular flexibility index (Phi) is 5.01. The third kappa shape index (κ3) is 3.44. The minimum absolute atomic E-state index is 0.0674. The summed E-state index contributed by atoms with van der Waals surface area (Å²) in [5, 5.41) is 0.0674. The lowest BCUT2D eigenvalue weighted by molar-refractivity contribution is 0.392. The standard InChI is InChI=1S/C15H16ClFN2O2/c1-20-11-5-10(6-12(8-11)21-2)15(19-18)9-3-4-13(16)14(17)7-9/h3-8,15,19H,18H2,1-2H3. The second kappa shape index (κ2) is 6.76. The lowest BCUT2D eigenvalue weighted by Crippen LogP contribution is -2.29. The van der Waals surface area contributed by atoms with Crippen molar-refractivity contribution in [3.63, 3.8) is 0 Å². The first-order chi connectivity index (χ1) is 10.1. The smallest absolute Gasteiger partial charge is 0.142 e. The normalized spacial score (nSPS) is 12.0. The molecule has 1 unspecified atom stereocenters. The third-order valence-corrected chi connectivity index (χ3v) is 3.46. The van der Waals surface area contributed by atoms with Crippen LogP contribution in [0.5, 0.6) is 11.5 Å². The highest BCUT2D eigenvalue weighted by atomic mass is 35.5. The number of hydrazine groups is 1. The Bertz CT molecular complexity index is 615. The molecule has 0 spiro atoms. The summed E-state index contributed by atoms with van der Waals surface area (Å²) < 4.78 is 24.1. The van der Waals surface area contributed by atoms with Gasteiger partial charge in [-0.25, -0.2) is 9.82 Å². The zero-order valence-electron chi connectivity index (χ0n) is 11.7.